The number of nitrogens with zero attached hydrogens (tertiary/aromatic N) is 2. The Hall–Kier alpha value is -3.34. The molecule has 0 spiro atoms. The SMILES string of the molecule is Cc1ccn(CCC(=O)NC(c2ccccc2)c2cc3ccccc3o2)n1. The minimum absolute atomic E-state index is 0.0440. The molecule has 27 heavy (non-hydrogen) atoms. The number of furan rings is 1. The summed E-state index contributed by atoms with van der Waals surface area (Å²) in [6.07, 6.45) is 2.24. The van der Waals surface area contributed by atoms with Crippen LogP contribution in [0.25, 0.3) is 11.0 Å². The van der Waals surface area contributed by atoms with E-state index in [0.29, 0.717) is 13.0 Å². The van der Waals surface area contributed by atoms with Crippen LogP contribution in [0.3, 0.4) is 0 Å². The zero-order valence-electron chi connectivity index (χ0n) is 15.1. The fraction of sp³-hybridized carbons (Fsp3) is 0.182. The highest BCUT2D eigenvalue weighted by Gasteiger charge is 2.20. The lowest BCUT2D eigenvalue weighted by atomic mass is 10.0. The molecule has 1 amide bonds. The van der Waals surface area contributed by atoms with Gasteiger partial charge in [0.1, 0.15) is 17.4 Å². The monoisotopic (exact) mass is 359 g/mol. The molecule has 2 aromatic carbocycles. The van der Waals surface area contributed by atoms with Gasteiger partial charge in [0.25, 0.3) is 0 Å². The second-order valence-corrected chi connectivity index (χ2v) is 6.57. The van der Waals surface area contributed by atoms with Crippen LogP contribution in [0, 0.1) is 6.92 Å². The molecule has 0 bridgehead atoms. The fourth-order valence-corrected chi connectivity index (χ4v) is 3.15. The highest BCUT2D eigenvalue weighted by atomic mass is 16.3. The van der Waals surface area contributed by atoms with Crippen molar-refractivity contribution < 1.29 is 9.21 Å². The number of benzene rings is 2. The number of aromatic nitrogens is 2. The van der Waals surface area contributed by atoms with Crippen LogP contribution in [0.15, 0.2) is 77.3 Å². The highest BCUT2D eigenvalue weighted by Crippen LogP contribution is 2.28. The van der Waals surface area contributed by atoms with Crippen LogP contribution in [0.4, 0.5) is 0 Å². The predicted octanol–water partition coefficient (Wildman–Crippen LogP) is 4.23. The lowest BCUT2D eigenvalue weighted by Gasteiger charge is -2.17. The Balaban J connectivity index is 1.55. The summed E-state index contributed by atoms with van der Waals surface area (Å²) in [4.78, 5) is 12.6. The molecule has 5 heteroatoms. The summed E-state index contributed by atoms with van der Waals surface area (Å²) >= 11 is 0. The number of carbonyl (C=O) groups excluding carboxylic acids is 1. The zero-order chi connectivity index (χ0) is 18.6. The largest absolute Gasteiger partial charge is 0.459 e. The Labute approximate surface area is 157 Å². The second kappa shape index (κ2) is 7.50. The molecule has 0 aliphatic rings. The van der Waals surface area contributed by atoms with E-state index in [0.717, 1.165) is 28.0 Å². The van der Waals surface area contributed by atoms with Crippen molar-refractivity contribution in [3.63, 3.8) is 0 Å². The number of fused-ring (bicyclic) bond motifs is 1. The molecule has 1 unspecified atom stereocenters. The van der Waals surface area contributed by atoms with Gasteiger partial charge in [-0.05, 0) is 30.7 Å². The van der Waals surface area contributed by atoms with Gasteiger partial charge < -0.3 is 9.73 Å². The van der Waals surface area contributed by atoms with Gasteiger partial charge in [-0.2, -0.15) is 5.10 Å². The van der Waals surface area contributed by atoms with Crippen molar-refractivity contribution in [3.05, 3.63) is 89.9 Å². The third kappa shape index (κ3) is 3.92. The highest BCUT2D eigenvalue weighted by molar-refractivity contribution is 5.79. The van der Waals surface area contributed by atoms with E-state index in [2.05, 4.69) is 10.4 Å². The van der Waals surface area contributed by atoms with E-state index in [9.17, 15) is 4.79 Å². The average Bonchev–Trinajstić information content (AvgIpc) is 3.31. The molecule has 4 aromatic rings. The van der Waals surface area contributed by atoms with Crippen molar-refractivity contribution in [2.75, 3.05) is 0 Å². The summed E-state index contributed by atoms with van der Waals surface area (Å²) in [5.41, 5.74) is 2.74. The van der Waals surface area contributed by atoms with Gasteiger partial charge in [-0.25, -0.2) is 0 Å². The molecule has 4 rings (SSSR count). The quantitative estimate of drug-likeness (QED) is 0.560. The minimum Gasteiger partial charge on any atom is -0.459 e. The Bertz CT molecular complexity index is 1020. The van der Waals surface area contributed by atoms with Gasteiger partial charge in [-0.3, -0.25) is 9.48 Å². The van der Waals surface area contributed by atoms with Crippen LogP contribution in [0.5, 0.6) is 0 Å². The Morgan fingerprint density at radius 3 is 2.63 bits per heavy atom. The van der Waals surface area contributed by atoms with Gasteiger partial charge in [0.15, 0.2) is 0 Å². The van der Waals surface area contributed by atoms with Gasteiger partial charge in [0.2, 0.25) is 5.91 Å². The van der Waals surface area contributed by atoms with Crippen LogP contribution >= 0.6 is 0 Å². The van der Waals surface area contributed by atoms with Crippen LogP contribution in [0.1, 0.15) is 29.5 Å². The molecule has 136 valence electrons. The van der Waals surface area contributed by atoms with Crippen molar-refractivity contribution in [2.24, 2.45) is 0 Å². The van der Waals surface area contributed by atoms with Gasteiger partial charge in [-0.15, -0.1) is 0 Å². The Morgan fingerprint density at radius 2 is 1.89 bits per heavy atom. The van der Waals surface area contributed by atoms with Gasteiger partial charge in [0.05, 0.1) is 5.69 Å². The number of para-hydroxylation sites is 1. The number of rotatable bonds is 6. The first-order valence-electron chi connectivity index (χ1n) is 9.02. The van der Waals surface area contributed by atoms with E-state index in [-0.39, 0.29) is 11.9 Å². The lowest BCUT2D eigenvalue weighted by Crippen LogP contribution is -2.29. The van der Waals surface area contributed by atoms with Gasteiger partial charge >= 0.3 is 0 Å². The van der Waals surface area contributed by atoms with Crippen LogP contribution in [-0.4, -0.2) is 15.7 Å². The van der Waals surface area contributed by atoms with Gasteiger partial charge in [-0.1, -0.05) is 48.5 Å². The minimum atomic E-state index is -0.328. The molecule has 0 radical (unpaired) electrons. The number of carbonyl (C=O) groups is 1. The summed E-state index contributed by atoms with van der Waals surface area (Å²) in [5, 5.41) is 8.46. The molecule has 0 aliphatic carbocycles. The fourth-order valence-electron chi connectivity index (χ4n) is 3.15. The first-order valence-corrected chi connectivity index (χ1v) is 9.02. The van der Waals surface area contributed by atoms with Crippen LogP contribution in [-0.2, 0) is 11.3 Å². The maximum Gasteiger partial charge on any atom is 0.222 e. The number of hydrogen-bond donors (Lipinski definition) is 1. The first-order chi connectivity index (χ1) is 13.2. The maximum absolute atomic E-state index is 12.6. The molecule has 5 nitrogen and oxygen atoms in total. The van der Waals surface area contributed by atoms with E-state index in [1.54, 1.807) is 4.68 Å². The molecule has 0 fully saturated rings. The smallest absolute Gasteiger partial charge is 0.222 e. The molecular weight excluding hydrogens is 338 g/mol. The third-order valence-electron chi connectivity index (χ3n) is 4.51. The summed E-state index contributed by atoms with van der Waals surface area (Å²) < 4.78 is 7.80. The van der Waals surface area contributed by atoms with Crippen molar-refractivity contribution in [3.8, 4) is 0 Å². The Morgan fingerprint density at radius 1 is 1.11 bits per heavy atom. The van der Waals surface area contributed by atoms with E-state index in [1.807, 2.05) is 79.9 Å². The molecular formula is C22H21N3O2. The average molecular weight is 359 g/mol. The molecule has 2 heterocycles. The van der Waals surface area contributed by atoms with Crippen molar-refractivity contribution in [1.82, 2.24) is 15.1 Å². The summed E-state index contributed by atoms with van der Waals surface area (Å²) in [6, 6.07) is 21.3. The topological polar surface area (TPSA) is 60.1 Å². The first kappa shape index (κ1) is 17.1. The summed E-state index contributed by atoms with van der Waals surface area (Å²) in [5.74, 6) is 0.683. The standard InChI is InChI=1S/C22H21N3O2/c1-16-11-13-25(24-16)14-12-21(26)23-22(17-7-3-2-4-8-17)20-15-18-9-5-6-10-19(18)27-20/h2-11,13,15,22H,12,14H2,1H3,(H,23,26). The zero-order valence-corrected chi connectivity index (χ0v) is 15.1. The van der Waals surface area contributed by atoms with Crippen molar-refractivity contribution in [1.29, 1.82) is 0 Å². The second-order valence-electron chi connectivity index (χ2n) is 6.57. The Kier molecular flexibility index (Phi) is 4.75. The van der Waals surface area contributed by atoms with Crippen LogP contribution < -0.4 is 5.32 Å². The van der Waals surface area contributed by atoms with Crippen LogP contribution in [0.2, 0.25) is 0 Å². The molecule has 1 atom stereocenters. The number of aryl methyl sites for hydroxylation is 2. The molecule has 0 saturated heterocycles. The van der Waals surface area contributed by atoms with Gasteiger partial charge in [0, 0.05) is 24.5 Å². The molecule has 1 N–H and O–H groups in total. The maximum atomic E-state index is 12.6. The summed E-state index contributed by atoms with van der Waals surface area (Å²) in [6.45, 7) is 2.48. The van der Waals surface area contributed by atoms with E-state index < -0.39 is 0 Å². The molecule has 0 aliphatic heterocycles. The number of nitrogens with one attached hydrogen (secondary N) is 1. The lowest BCUT2D eigenvalue weighted by molar-refractivity contribution is -0.122. The normalized spacial score (nSPS) is 12.2. The van der Waals surface area contributed by atoms with E-state index in [1.165, 1.54) is 0 Å². The number of hydrogen-bond acceptors (Lipinski definition) is 3. The van der Waals surface area contributed by atoms with Crippen molar-refractivity contribution in [2.45, 2.75) is 25.9 Å². The molecule has 2 aromatic heterocycles. The van der Waals surface area contributed by atoms with E-state index in [4.69, 9.17) is 4.42 Å². The predicted molar refractivity (Wildman–Crippen MR) is 104 cm³/mol. The molecule has 0 saturated carbocycles. The van der Waals surface area contributed by atoms with Crippen molar-refractivity contribution >= 4 is 16.9 Å². The summed E-state index contributed by atoms with van der Waals surface area (Å²) in [7, 11) is 0. The third-order valence-corrected chi connectivity index (χ3v) is 4.51. The van der Waals surface area contributed by atoms with E-state index >= 15 is 0 Å². The number of amides is 1.